The van der Waals surface area contributed by atoms with Crippen LogP contribution in [0.2, 0.25) is 0 Å². The number of ketones is 1. The molecule has 0 radical (unpaired) electrons. The number of para-hydroxylation sites is 1. The van der Waals surface area contributed by atoms with Crippen molar-refractivity contribution >= 4 is 29.1 Å². The Morgan fingerprint density at radius 2 is 1.90 bits per heavy atom. The zero-order chi connectivity index (χ0) is 14.4. The van der Waals surface area contributed by atoms with E-state index < -0.39 is 0 Å². The molecule has 1 heterocycles. The van der Waals surface area contributed by atoms with Crippen LogP contribution in [0.1, 0.15) is 17.3 Å². The molecular formula is C15H14N2O2S. The predicted octanol–water partition coefficient (Wildman–Crippen LogP) is 3.02. The highest BCUT2D eigenvalue weighted by Gasteiger charge is 2.09. The number of Topliss-reactive ketones (excluding diaryl/α,β-unsaturated/α-hetero) is 1. The first-order valence-electron chi connectivity index (χ1n) is 6.10. The maximum absolute atomic E-state index is 11.9. The molecule has 4 nitrogen and oxygen atoms in total. The molecule has 1 aromatic heterocycles. The van der Waals surface area contributed by atoms with Crippen LogP contribution < -0.4 is 5.32 Å². The van der Waals surface area contributed by atoms with Gasteiger partial charge in [-0.1, -0.05) is 30.0 Å². The van der Waals surface area contributed by atoms with Crippen molar-refractivity contribution < 1.29 is 9.59 Å². The van der Waals surface area contributed by atoms with Gasteiger partial charge < -0.3 is 5.32 Å². The molecule has 102 valence electrons. The second-order valence-electron chi connectivity index (χ2n) is 4.11. The minimum absolute atomic E-state index is 0.0710. The van der Waals surface area contributed by atoms with Gasteiger partial charge in [-0.25, -0.2) is 4.98 Å². The molecule has 0 bridgehead atoms. The van der Waals surface area contributed by atoms with Gasteiger partial charge in [-0.05, 0) is 31.2 Å². The minimum atomic E-state index is -0.158. The molecule has 5 heteroatoms. The molecule has 0 aliphatic carbocycles. The summed E-state index contributed by atoms with van der Waals surface area (Å²) in [5.41, 5.74) is 1.07. The molecule has 0 aliphatic heterocycles. The van der Waals surface area contributed by atoms with Crippen molar-refractivity contribution in [3.05, 3.63) is 54.2 Å². The fourth-order valence-corrected chi connectivity index (χ4v) is 2.32. The molecule has 1 N–H and O–H groups in total. The van der Waals surface area contributed by atoms with Gasteiger partial charge >= 0.3 is 0 Å². The monoisotopic (exact) mass is 286 g/mol. The number of hydrogen-bond donors (Lipinski definition) is 1. The Morgan fingerprint density at radius 1 is 1.15 bits per heavy atom. The Labute approximate surface area is 121 Å². The van der Waals surface area contributed by atoms with Crippen LogP contribution in [0.3, 0.4) is 0 Å². The van der Waals surface area contributed by atoms with Crippen LogP contribution in [0.4, 0.5) is 5.69 Å². The fourth-order valence-electron chi connectivity index (χ4n) is 1.66. The van der Waals surface area contributed by atoms with Crippen molar-refractivity contribution in [1.82, 2.24) is 4.98 Å². The van der Waals surface area contributed by atoms with Crippen molar-refractivity contribution in [2.45, 2.75) is 11.9 Å². The van der Waals surface area contributed by atoms with Crippen molar-refractivity contribution in [2.75, 3.05) is 11.1 Å². The van der Waals surface area contributed by atoms with E-state index in [4.69, 9.17) is 0 Å². The first-order chi connectivity index (χ1) is 9.66. The van der Waals surface area contributed by atoms with E-state index in [-0.39, 0.29) is 17.4 Å². The molecule has 1 aromatic carbocycles. The number of carbonyl (C=O) groups excluding carboxylic acids is 2. The van der Waals surface area contributed by atoms with Gasteiger partial charge in [0.2, 0.25) is 5.91 Å². The Balaban J connectivity index is 1.97. The van der Waals surface area contributed by atoms with Crippen LogP contribution in [-0.2, 0) is 4.79 Å². The summed E-state index contributed by atoms with van der Waals surface area (Å²) in [5, 5.41) is 3.55. The van der Waals surface area contributed by atoms with Gasteiger partial charge in [-0.15, -0.1) is 0 Å². The molecule has 0 spiro atoms. The van der Waals surface area contributed by atoms with Crippen molar-refractivity contribution in [3.8, 4) is 0 Å². The summed E-state index contributed by atoms with van der Waals surface area (Å²) in [6.45, 7) is 1.48. The van der Waals surface area contributed by atoms with E-state index in [1.165, 1.54) is 18.7 Å². The molecule has 2 rings (SSSR count). The van der Waals surface area contributed by atoms with Gasteiger partial charge in [0.05, 0.1) is 16.5 Å². The van der Waals surface area contributed by atoms with Crippen LogP contribution in [0.15, 0.2) is 53.7 Å². The van der Waals surface area contributed by atoms with E-state index >= 15 is 0 Å². The topological polar surface area (TPSA) is 59.1 Å². The number of anilines is 1. The third-order valence-corrected chi connectivity index (χ3v) is 3.51. The van der Waals surface area contributed by atoms with Crippen molar-refractivity contribution in [3.63, 3.8) is 0 Å². The molecule has 0 atom stereocenters. The zero-order valence-corrected chi connectivity index (χ0v) is 11.8. The fraction of sp³-hybridized carbons (Fsp3) is 0.133. The number of benzene rings is 1. The second kappa shape index (κ2) is 6.86. The number of nitrogens with zero attached hydrogens (tertiary/aromatic N) is 1. The first-order valence-corrected chi connectivity index (χ1v) is 7.09. The van der Waals surface area contributed by atoms with Crippen LogP contribution in [0.5, 0.6) is 0 Å². The molecule has 20 heavy (non-hydrogen) atoms. The Bertz CT molecular complexity index is 614. The number of nitrogens with one attached hydrogen (secondary N) is 1. The maximum atomic E-state index is 11.9. The summed E-state index contributed by atoms with van der Waals surface area (Å²) in [5.74, 6) is 0.0242. The van der Waals surface area contributed by atoms with Gasteiger partial charge in [0, 0.05) is 11.8 Å². The Hall–Kier alpha value is -2.14. The quantitative estimate of drug-likeness (QED) is 0.678. The summed E-state index contributed by atoms with van der Waals surface area (Å²) in [6, 6.07) is 12.5. The normalized spacial score (nSPS) is 10.1. The maximum Gasteiger partial charge on any atom is 0.234 e. The van der Waals surface area contributed by atoms with E-state index in [0.717, 1.165) is 5.03 Å². The first kappa shape index (κ1) is 14.3. The molecule has 1 amide bonds. The minimum Gasteiger partial charge on any atom is -0.325 e. The molecule has 0 saturated carbocycles. The lowest BCUT2D eigenvalue weighted by atomic mass is 10.1. The lowest BCUT2D eigenvalue weighted by molar-refractivity contribution is -0.113. The number of carbonyl (C=O) groups is 2. The van der Waals surface area contributed by atoms with Crippen LogP contribution in [-0.4, -0.2) is 22.4 Å². The molecule has 0 aliphatic rings. The average Bonchev–Trinajstić information content (AvgIpc) is 2.46. The highest BCUT2D eigenvalue weighted by Crippen LogP contribution is 2.18. The molecule has 0 saturated heterocycles. The largest absolute Gasteiger partial charge is 0.325 e. The standard InChI is InChI=1S/C15H14N2O2S/c1-11(18)12-6-2-3-7-13(12)17-14(19)10-20-15-8-4-5-9-16-15/h2-9H,10H2,1H3,(H,17,19). The predicted molar refractivity (Wildman–Crippen MR) is 80.0 cm³/mol. The highest BCUT2D eigenvalue weighted by atomic mass is 32.2. The molecule has 0 unspecified atom stereocenters. The van der Waals surface area contributed by atoms with E-state index in [1.807, 2.05) is 18.2 Å². The Kier molecular flexibility index (Phi) is 4.90. The van der Waals surface area contributed by atoms with Gasteiger partial charge in [0.25, 0.3) is 0 Å². The van der Waals surface area contributed by atoms with Crippen LogP contribution in [0, 0.1) is 0 Å². The number of amides is 1. The summed E-state index contributed by atoms with van der Waals surface area (Å²) >= 11 is 1.35. The molecule has 2 aromatic rings. The van der Waals surface area contributed by atoms with E-state index in [1.54, 1.807) is 30.5 Å². The summed E-state index contributed by atoms with van der Waals surface area (Å²) in [4.78, 5) is 27.5. The molecular weight excluding hydrogens is 272 g/mol. The van der Waals surface area contributed by atoms with E-state index in [2.05, 4.69) is 10.3 Å². The number of rotatable bonds is 5. The van der Waals surface area contributed by atoms with Crippen molar-refractivity contribution in [1.29, 1.82) is 0 Å². The van der Waals surface area contributed by atoms with E-state index in [0.29, 0.717) is 11.3 Å². The lowest BCUT2D eigenvalue weighted by Crippen LogP contribution is -2.16. The number of thioether (sulfide) groups is 1. The number of aromatic nitrogens is 1. The number of hydrogen-bond acceptors (Lipinski definition) is 4. The van der Waals surface area contributed by atoms with Crippen molar-refractivity contribution in [2.24, 2.45) is 0 Å². The van der Waals surface area contributed by atoms with Gasteiger partial charge in [-0.3, -0.25) is 9.59 Å². The smallest absolute Gasteiger partial charge is 0.234 e. The number of pyridine rings is 1. The van der Waals surface area contributed by atoms with Gasteiger partial charge in [0.15, 0.2) is 5.78 Å². The van der Waals surface area contributed by atoms with Gasteiger partial charge in [0.1, 0.15) is 0 Å². The summed E-state index contributed by atoms with van der Waals surface area (Å²) in [6.07, 6.45) is 1.69. The Morgan fingerprint density at radius 3 is 2.60 bits per heavy atom. The van der Waals surface area contributed by atoms with Gasteiger partial charge in [-0.2, -0.15) is 0 Å². The SMILES string of the molecule is CC(=O)c1ccccc1NC(=O)CSc1ccccn1. The third-order valence-electron chi connectivity index (χ3n) is 2.57. The average molecular weight is 286 g/mol. The van der Waals surface area contributed by atoms with Crippen LogP contribution >= 0.6 is 11.8 Å². The third kappa shape index (κ3) is 3.93. The highest BCUT2D eigenvalue weighted by molar-refractivity contribution is 7.99. The summed E-state index contributed by atoms with van der Waals surface area (Å²) in [7, 11) is 0. The zero-order valence-electron chi connectivity index (χ0n) is 11.0. The lowest BCUT2D eigenvalue weighted by Gasteiger charge is -2.08. The molecule has 0 fully saturated rings. The second-order valence-corrected chi connectivity index (χ2v) is 5.10. The van der Waals surface area contributed by atoms with E-state index in [9.17, 15) is 9.59 Å². The summed E-state index contributed by atoms with van der Waals surface area (Å²) < 4.78 is 0. The van der Waals surface area contributed by atoms with Crippen LogP contribution in [0.25, 0.3) is 0 Å².